The molecule has 2 aromatic rings. The summed E-state index contributed by atoms with van der Waals surface area (Å²) in [5.41, 5.74) is 1.29. The minimum absolute atomic E-state index is 0.0817. The van der Waals surface area contributed by atoms with Crippen LogP contribution in [0.2, 0.25) is 5.02 Å². The molecule has 0 radical (unpaired) electrons. The summed E-state index contributed by atoms with van der Waals surface area (Å²) in [5.74, 6) is 0.611. The zero-order chi connectivity index (χ0) is 17.2. The molecular formula is C20H23ClN2OS. The van der Waals surface area contributed by atoms with Gasteiger partial charge >= 0.3 is 0 Å². The van der Waals surface area contributed by atoms with Gasteiger partial charge in [0, 0.05) is 30.2 Å². The highest BCUT2D eigenvalue weighted by atomic mass is 35.5. The van der Waals surface area contributed by atoms with Crippen molar-refractivity contribution < 1.29 is 4.79 Å². The van der Waals surface area contributed by atoms with Crippen molar-refractivity contribution in [3.05, 3.63) is 57.2 Å². The average molecular weight is 375 g/mol. The number of carbonyl (C=O) groups is 1. The number of carbonyl (C=O) groups excluding carboxylic acids is 1. The number of amides is 1. The van der Waals surface area contributed by atoms with E-state index in [9.17, 15) is 4.79 Å². The number of benzene rings is 1. The SMILES string of the molecule is O=C(N[C@H]1CCN2C[C@H](c3ccccc3Cl)CC[C@H]2C1)c1cccs1. The molecule has 3 atom stereocenters. The molecule has 2 fully saturated rings. The monoisotopic (exact) mass is 374 g/mol. The van der Waals surface area contributed by atoms with Crippen LogP contribution in [0, 0.1) is 0 Å². The minimum atomic E-state index is 0.0817. The van der Waals surface area contributed by atoms with Crippen LogP contribution in [0.25, 0.3) is 0 Å². The fourth-order valence-corrected chi connectivity index (χ4v) is 5.18. The number of fused-ring (bicyclic) bond motifs is 1. The van der Waals surface area contributed by atoms with E-state index in [0.29, 0.717) is 18.0 Å². The molecule has 2 aliphatic heterocycles. The Kier molecular flexibility index (Phi) is 5.11. The molecule has 3 heterocycles. The fraction of sp³-hybridized carbons (Fsp3) is 0.450. The highest BCUT2D eigenvalue weighted by molar-refractivity contribution is 7.12. The van der Waals surface area contributed by atoms with E-state index in [4.69, 9.17) is 11.6 Å². The first-order valence-electron chi connectivity index (χ1n) is 9.03. The summed E-state index contributed by atoms with van der Waals surface area (Å²) >= 11 is 7.90. The van der Waals surface area contributed by atoms with E-state index in [1.807, 2.05) is 29.6 Å². The zero-order valence-electron chi connectivity index (χ0n) is 14.2. The van der Waals surface area contributed by atoms with Crippen molar-refractivity contribution in [2.75, 3.05) is 13.1 Å². The van der Waals surface area contributed by atoms with Gasteiger partial charge in [-0.1, -0.05) is 35.9 Å². The van der Waals surface area contributed by atoms with Crippen LogP contribution in [-0.4, -0.2) is 36.0 Å². The quantitative estimate of drug-likeness (QED) is 0.855. The predicted molar refractivity (Wildman–Crippen MR) is 104 cm³/mol. The van der Waals surface area contributed by atoms with Crippen LogP contribution < -0.4 is 5.32 Å². The van der Waals surface area contributed by atoms with Crippen molar-refractivity contribution in [2.24, 2.45) is 0 Å². The van der Waals surface area contributed by atoms with E-state index < -0.39 is 0 Å². The van der Waals surface area contributed by atoms with Crippen LogP contribution in [0.4, 0.5) is 0 Å². The molecule has 1 amide bonds. The van der Waals surface area contributed by atoms with Gasteiger partial charge in [-0.15, -0.1) is 11.3 Å². The highest BCUT2D eigenvalue weighted by Gasteiger charge is 2.35. The van der Waals surface area contributed by atoms with Crippen LogP contribution in [0.5, 0.6) is 0 Å². The largest absolute Gasteiger partial charge is 0.349 e. The molecule has 5 heteroatoms. The lowest BCUT2D eigenvalue weighted by molar-refractivity contribution is 0.0707. The fourth-order valence-electron chi connectivity index (χ4n) is 4.26. The smallest absolute Gasteiger partial charge is 0.261 e. The standard InChI is InChI=1S/C20H23ClN2OS/c21-18-5-2-1-4-17(18)14-7-8-16-12-15(9-10-23(16)13-14)22-20(24)19-6-3-11-25-19/h1-6,11,14-16H,7-10,12-13H2,(H,22,24)/t14-,15+,16+/m1/s1. The number of hydrogen-bond donors (Lipinski definition) is 1. The second-order valence-electron chi connectivity index (χ2n) is 7.12. The molecule has 4 rings (SSSR count). The molecule has 25 heavy (non-hydrogen) atoms. The average Bonchev–Trinajstić information content (AvgIpc) is 3.16. The third-order valence-electron chi connectivity index (χ3n) is 5.57. The van der Waals surface area contributed by atoms with Gasteiger partial charge in [-0.05, 0) is 54.7 Å². The first-order valence-corrected chi connectivity index (χ1v) is 10.3. The van der Waals surface area contributed by atoms with Gasteiger partial charge in [0.25, 0.3) is 5.91 Å². The van der Waals surface area contributed by atoms with Gasteiger partial charge in [-0.25, -0.2) is 0 Å². The number of nitrogens with one attached hydrogen (secondary N) is 1. The third-order valence-corrected chi connectivity index (χ3v) is 6.78. The number of halogens is 1. The Balaban J connectivity index is 1.35. The minimum Gasteiger partial charge on any atom is -0.349 e. The van der Waals surface area contributed by atoms with E-state index in [2.05, 4.69) is 22.3 Å². The van der Waals surface area contributed by atoms with E-state index in [1.165, 1.54) is 29.7 Å². The van der Waals surface area contributed by atoms with Crippen molar-refractivity contribution in [2.45, 2.75) is 43.7 Å². The maximum Gasteiger partial charge on any atom is 0.261 e. The number of hydrogen-bond acceptors (Lipinski definition) is 3. The van der Waals surface area contributed by atoms with Gasteiger partial charge in [-0.2, -0.15) is 0 Å². The Labute approximate surface area is 158 Å². The summed E-state index contributed by atoms with van der Waals surface area (Å²) in [5, 5.41) is 6.07. The molecule has 3 nitrogen and oxygen atoms in total. The summed E-state index contributed by atoms with van der Waals surface area (Å²) in [7, 11) is 0. The van der Waals surface area contributed by atoms with Crippen LogP contribution >= 0.6 is 22.9 Å². The normalized spacial score (nSPS) is 26.8. The first kappa shape index (κ1) is 17.1. The number of rotatable bonds is 3. The maximum absolute atomic E-state index is 12.3. The van der Waals surface area contributed by atoms with Gasteiger partial charge < -0.3 is 5.32 Å². The highest BCUT2D eigenvalue weighted by Crippen LogP contribution is 2.36. The van der Waals surface area contributed by atoms with E-state index in [-0.39, 0.29) is 5.91 Å². The lowest BCUT2D eigenvalue weighted by Crippen LogP contribution is -2.52. The van der Waals surface area contributed by atoms with Crippen molar-refractivity contribution in [3.63, 3.8) is 0 Å². The Hall–Kier alpha value is -1.36. The number of thiophene rings is 1. The summed E-state index contributed by atoms with van der Waals surface area (Å²) < 4.78 is 0. The zero-order valence-corrected chi connectivity index (χ0v) is 15.7. The van der Waals surface area contributed by atoms with Crippen LogP contribution in [0.1, 0.15) is 46.8 Å². The van der Waals surface area contributed by atoms with Crippen LogP contribution in [0.15, 0.2) is 41.8 Å². The molecule has 0 bridgehead atoms. The molecule has 2 saturated heterocycles. The Morgan fingerprint density at radius 2 is 2.04 bits per heavy atom. The Bertz CT molecular complexity index is 733. The molecule has 1 aromatic heterocycles. The van der Waals surface area contributed by atoms with E-state index in [0.717, 1.165) is 35.8 Å². The predicted octanol–water partition coefficient (Wildman–Crippen LogP) is 4.54. The third kappa shape index (κ3) is 3.76. The number of piperidine rings is 2. The maximum atomic E-state index is 12.3. The lowest BCUT2D eigenvalue weighted by atomic mass is 9.82. The van der Waals surface area contributed by atoms with Crippen LogP contribution in [-0.2, 0) is 0 Å². The van der Waals surface area contributed by atoms with Gasteiger partial charge in [0.15, 0.2) is 0 Å². The Morgan fingerprint density at radius 1 is 1.16 bits per heavy atom. The molecule has 0 unspecified atom stereocenters. The van der Waals surface area contributed by atoms with E-state index in [1.54, 1.807) is 0 Å². The van der Waals surface area contributed by atoms with Crippen molar-refractivity contribution in [1.82, 2.24) is 10.2 Å². The molecular weight excluding hydrogens is 352 g/mol. The van der Waals surface area contributed by atoms with Gasteiger partial charge in [0.1, 0.15) is 0 Å². The van der Waals surface area contributed by atoms with Crippen molar-refractivity contribution in [3.8, 4) is 0 Å². The molecule has 1 N–H and O–H groups in total. The van der Waals surface area contributed by atoms with Gasteiger partial charge in [0.05, 0.1) is 4.88 Å². The topological polar surface area (TPSA) is 32.3 Å². The number of nitrogens with zero attached hydrogens (tertiary/aromatic N) is 1. The molecule has 1 aromatic carbocycles. The second-order valence-corrected chi connectivity index (χ2v) is 8.47. The molecule has 2 aliphatic rings. The Morgan fingerprint density at radius 3 is 2.84 bits per heavy atom. The summed E-state index contributed by atoms with van der Waals surface area (Å²) in [4.78, 5) is 15.7. The summed E-state index contributed by atoms with van der Waals surface area (Å²) in [6.45, 7) is 2.14. The molecule has 0 saturated carbocycles. The van der Waals surface area contributed by atoms with Gasteiger partial charge in [0.2, 0.25) is 0 Å². The van der Waals surface area contributed by atoms with Crippen LogP contribution in [0.3, 0.4) is 0 Å². The summed E-state index contributed by atoms with van der Waals surface area (Å²) in [6.07, 6.45) is 4.45. The molecule has 132 valence electrons. The molecule has 0 spiro atoms. The van der Waals surface area contributed by atoms with Crippen molar-refractivity contribution >= 4 is 28.8 Å². The second kappa shape index (κ2) is 7.48. The summed E-state index contributed by atoms with van der Waals surface area (Å²) in [6, 6.07) is 13.0. The van der Waals surface area contributed by atoms with E-state index >= 15 is 0 Å². The lowest BCUT2D eigenvalue weighted by Gasteiger charge is -2.45. The van der Waals surface area contributed by atoms with Gasteiger partial charge in [-0.3, -0.25) is 9.69 Å². The van der Waals surface area contributed by atoms with Crippen molar-refractivity contribution in [1.29, 1.82) is 0 Å². The molecule has 0 aliphatic carbocycles. The first-order chi connectivity index (χ1) is 12.2.